The van der Waals surface area contributed by atoms with Crippen LogP contribution in [0.5, 0.6) is 5.75 Å². The second-order valence-electron chi connectivity index (χ2n) is 8.82. The highest BCUT2D eigenvalue weighted by molar-refractivity contribution is 7.17. The Morgan fingerprint density at radius 1 is 1.18 bits per heavy atom. The number of hydrogen-bond donors (Lipinski definition) is 3. The summed E-state index contributed by atoms with van der Waals surface area (Å²) in [5.41, 5.74) is 7.04. The smallest absolute Gasteiger partial charge is 0.148 e. The van der Waals surface area contributed by atoms with Crippen LogP contribution in [0.3, 0.4) is 0 Å². The Hall–Kier alpha value is -3.23. The molecule has 2 aromatic carbocycles. The van der Waals surface area contributed by atoms with E-state index in [1.54, 1.807) is 17.7 Å². The van der Waals surface area contributed by atoms with E-state index in [0.717, 1.165) is 58.5 Å². The van der Waals surface area contributed by atoms with E-state index in [0.29, 0.717) is 6.04 Å². The molecule has 1 aliphatic carbocycles. The van der Waals surface area contributed by atoms with E-state index in [-0.39, 0.29) is 6.10 Å². The average molecular weight is 475 g/mol. The Balaban J connectivity index is 1.41. The number of benzene rings is 2. The van der Waals surface area contributed by atoms with Gasteiger partial charge in [0.15, 0.2) is 0 Å². The zero-order valence-corrected chi connectivity index (χ0v) is 20.6. The van der Waals surface area contributed by atoms with Gasteiger partial charge in [0.2, 0.25) is 0 Å². The van der Waals surface area contributed by atoms with Crippen LogP contribution in [0.15, 0.2) is 48.9 Å². The number of H-pyrrole nitrogens is 1. The minimum Gasteiger partial charge on any atom is -0.489 e. The first-order valence-electron chi connectivity index (χ1n) is 11.8. The fourth-order valence-corrected chi connectivity index (χ4v) is 5.43. The van der Waals surface area contributed by atoms with Crippen LogP contribution in [-0.4, -0.2) is 33.3 Å². The molecule has 34 heavy (non-hydrogen) atoms. The fraction of sp³-hybridized carbons (Fsp3) is 0.346. The lowest BCUT2D eigenvalue weighted by atomic mass is 9.85. The summed E-state index contributed by atoms with van der Waals surface area (Å²) in [7, 11) is 1.91. The van der Waals surface area contributed by atoms with E-state index < -0.39 is 0 Å². The number of rotatable bonds is 8. The SMILES string of the molecule is CNc1cc(-c2nnc(-c3cccc4c3CCCC4NCc3cnc[nH]3)s2)ccc1OC(C)C. The summed E-state index contributed by atoms with van der Waals surface area (Å²) in [6.07, 6.45) is 7.06. The van der Waals surface area contributed by atoms with Crippen molar-refractivity contribution in [3.05, 3.63) is 65.7 Å². The van der Waals surface area contributed by atoms with Crippen LogP contribution >= 0.6 is 11.3 Å². The van der Waals surface area contributed by atoms with Crippen molar-refractivity contribution in [2.75, 3.05) is 12.4 Å². The Labute approximate surface area is 204 Å². The van der Waals surface area contributed by atoms with Gasteiger partial charge in [0.25, 0.3) is 0 Å². The molecule has 0 amide bonds. The number of aromatic amines is 1. The molecule has 7 nitrogen and oxygen atoms in total. The Morgan fingerprint density at radius 2 is 2.06 bits per heavy atom. The summed E-state index contributed by atoms with van der Waals surface area (Å²) in [6.45, 7) is 4.84. The monoisotopic (exact) mass is 474 g/mol. The van der Waals surface area contributed by atoms with Crippen LogP contribution in [-0.2, 0) is 13.0 Å². The third-order valence-electron chi connectivity index (χ3n) is 6.11. The summed E-state index contributed by atoms with van der Waals surface area (Å²) in [5, 5.41) is 17.9. The molecule has 176 valence electrons. The van der Waals surface area contributed by atoms with E-state index >= 15 is 0 Å². The lowest BCUT2D eigenvalue weighted by Crippen LogP contribution is -2.25. The number of aromatic nitrogens is 4. The molecule has 0 saturated carbocycles. The molecule has 2 heterocycles. The molecule has 5 rings (SSSR count). The summed E-state index contributed by atoms with van der Waals surface area (Å²) >= 11 is 1.64. The van der Waals surface area contributed by atoms with E-state index in [9.17, 15) is 0 Å². The molecular weight excluding hydrogens is 444 g/mol. The molecule has 1 aliphatic rings. The van der Waals surface area contributed by atoms with Gasteiger partial charge in [-0.1, -0.05) is 29.5 Å². The van der Waals surface area contributed by atoms with Gasteiger partial charge in [-0.25, -0.2) is 4.98 Å². The zero-order chi connectivity index (χ0) is 23.5. The van der Waals surface area contributed by atoms with Crippen molar-refractivity contribution in [2.24, 2.45) is 0 Å². The molecule has 1 atom stereocenters. The number of imidazole rings is 1. The number of fused-ring (bicyclic) bond motifs is 1. The summed E-state index contributed by atoms with van der Waals surface area (Å²) in [4.78, 5) is 7.29. The fourth-order valence-electron chi connectivity index (χ4n) is 4.54. The van der Waals surface area contributed by atoms with Crippen LogP contribution < -0.4 is 15.4 Å². The second kappa shape index (κ2) is 9.95. The zero-order valence-electron chi connectivity index (χ0n) is 19.8. The quantitative estimate of drug-likeness (QED) is 0.308. The summed E-state index contributed by atoms with van der Waals surface area (Å²) < 4.78 is 5.91. The molecule has 0 radical (unpaired) electrons. The summed E-state index contributed by atoms with van der Waals surface area (Å²) in [5.74, 6) is 0.844. The third kappa shape index (κ3) is 4.69. The minimum absolute atomic E-state index is 0.119. The van der Waals surface area contributed by atoms with E-state index in [2.05, 4.69) is 61.1 Å². The predicted octanol–water partition coefficient (Wildman–Crippen LogP) is 5.59. The van der Waals surface area contributed by atoms with Crippen LogP contribution in [0, 0.1) is 0 Å². The molecule has 0 fully saturated rings. The van der Waals surface area contributed by atoms with Gasteiger partial charge in [0, 0.05) is 42.7 Å². The number of nitrogens with zero attached hydrogens (tertiary/aromatic N) is 3. The van der Waals surface area contributed by atoms with Crippen molar-refractivity contribution in [2.45, 2.75) is 51.8 Å². The van der Waals surface area contributed by atoms with Gasteiger partial charge in [-0.15, -0.1) is 10.2 Å². The molecule has 1 unspecified atom stereocenters. The predicted molar refractivity (Wildman–Crippen MR) is 137 cm³/mol. The van der Waals surface area contributed by atoms with E-state index in [1.807, 2.05) is 33.2 Å². The van der Waals surface area contributed by atoms with E-state index in [1.165, 1.54) is 16.7 Å². The third-order valence-corrected chi connectivity index (χ3v) is 7.12. The Kier molecular flexibility index (Phi) is 6.60. The Morgan fingerprint density at radius 3 is 2.85 bits per heavy atom. The normalized spacial score (nSPS) is 15.4. The number of nitrogens with one attached hydrogen (secondary N) is 3. The highest BCUT2D eigenvalue weighted by Crippen LogP contribution is 2.39. The van der Waals surface area contributed by atoms with Crippen molar-refractivity contribution in [1.82, 2.24) is 25.5 Å². The molecule has 2 aromatic heterocycles. The molecular formula is C26H30N6OS. The first-order valence-corrected chi connectivity index (χ1v) is 12.6. The summed E-state index contributed by atoms with van der Waals surface area (Å²) in [6, 6.07) is 13.0. The molecule has 0 saturated heterocycles. The van der Waals surface area contributed by atoms with Crippen LogP contribution in [0.1, 0.15) is 49.6 Å². The minimum atomic E-state index is 0.119. The number of ether oxygens (including phenoxy) is 1. The van der Waals surface area contributed by atoms with Crippen LogP contribution in [0.4, 0.5) is 5.69 Å². The lowest BCUT2D eigenvalue weighted by molar-refractivity contribution is 0.244. The molecule has 4 aromatic rings. The van der Waals surface area contributed by atoms with Gasteiger partial charge in [-0.2, -0.15) is 0 Å². The van der Waals surface area contributed by atoms with Crippen molar-refractivity contribution >= 4 is 17.0 Å². The van der Waals surface area contributed by atoms with Crippen molar-refractivity contribution in [3.63, 3.8) is 0 Å². The van der Waals surface area contributed by atoms with Crippen molar-refractivity contribution < 1.29 is 4.74 Å². The largest absolute Gasteiger partial charge is 0.489 e. The van der Waals surface area contributed by atoms with Gasteiger partial charge in [-0.05, 0) is 62.4 Å². The highest BCUT2D eigenvalue weighted by atomic mass is 32.1. The first-order chi connectivity index (χ1) is 16.6. The molecule has 0 bridgehead atoms. The highest BCUT2D eigenvalue weighted by Gasteiger charge is 2.24. The van der Waals surface area contributed by atoms with Crippen LogP contribution in [0.2, 0.25) is 0 Å². The van der Waals surface area contributed by atoms with Crippen molar-refractivity contribution in [3.8, 4) is 26.9 Å². The first kappa shape index (κ1) is 22.6. The molecule has 0 aliphatic heterocycles. The molecule has 0 spiro atoms. The van der Waals surface area contributed by atoms with Crippen molar-refractivity contribution in [1.29, 1.82) is 0 Å². The van der Waals surface area contributed by atoms with E-state index in [4.69, 9.17) is 4.74 Å². The standard InChI is InChI=1S/C26H30N6OS/c1-16(2)33-24-11-10-17(12-23(24)27-3)25-31-32-26(34-25)21-8-4-7-20-19(21)6-5-9-22(20)29-14-18-13-28-15-30-18/h4,7-8,10-13,15-16,22,27,29H,5-6,9,14H2,1-3H3,(H,28,30). The maximum Gasteiger partial charge on any atom is 0.148 e. The number of hydrogen-bond acceptors (Lipinski definition) is 7. The molecule has 8 heteroatoms. The van der Waals surface area contributed by atoms with Crippen LogP contribution in [0.25, 0.3) is 21.1 Å². The van der Waals surface area contributed by atoms with Gasteiger partial charge in [-0.3, -0.25) is 0 Å². The Bertz CT molecular complexity index is 1250. The molecule has 3 N–H and O–H groups in total. The van der Waals surface area contributed by atoms with Gasteiger partial charge >= 0.3 is 0 Å². The number of anilines is 1. The maximum absolute atomic E-state index is 5.91. The lowest BCUT2D eigenvalue weighted by Gasteiger charge is -2.27. The topological polar surface area (TPSA) is 87.8 Å². The van der Waals surface area contributed by atoms with Gasteiger partial charge < -0.3 is 20.4 Å². The average Bonchev–Trinajstić information content (AvgIpc) is 3.55. The second-order valence-corrected chi connectivity index (χ2v) is 9.79. The maximum atomic E-state index is 5.91. The van der Waals surface area contributed by atoms with Gasteiger partial charge in [0.1, 0.15) is 15.8 Å². The van der Waals surface area contributed by atoms with Gasteiger partial charge in [0.05, 0.1) is 18.1 Å².